The Morgan fingerprint density at radius 3 is 1.50 bits per heavy atom. The number of aliphatic hydroxyl groups is 1. The molecule has 0 radical (unpaired) electrons. The van der Waals surface area contributed by atoms with E-state index < -0.39 is 5.60 Å². The van der Waals surface area contributed by atoms with Crippen molar-refractivity contribution in [3.8, 4) is 40.1 Å². The van der Waals surface area contributed by atoms with E-state index in [1.54, 1.807) is 20.3 Å². The maximum Gasteiger partial charge on any atom is 0.157 e. The standard InChI is InChI=1S/C25H21NO2.C13H10N2O.CH2O/c1-28-23-17-9-8-15-21(23)22-16-10-18-24(26-22)25(27,19-11-4-2-5-12-19)20-13-6-3-7-14-20;1-16-13-8-3-2-6-11(13)12-7-4-5-10(9-14)15-12;1-2/h2-18,27H,1H3;2-8H,1H3;1H2. The van der Waals surface area contributed by atoms with Gasteiger partial charge < -0.3 is 19.4 Å². The number of aromatic nitrogens is 2. The fourth-order valence-electron chi connectivity index (χ4n) is 4.97. The van der Waals surface area contributed by atoms with E-state index in [0.717, 1.165) is 45.1 Å². The molecule has 7 nitrogen and oxygen atoms in total. The number of carbonyl (C=O) groups excluding carboxylic acids is 1. The van der Waals surface area contributed by atoms with Gasteiger partial charge >= 0.3 is 0 Å². The Morgan fingerprint density at radius 2 is 1.02 bits per heavy atom. The summed E-state index contributed by atoms with van der Waals surface area (Å²) in [5.41, 5.74) is 4.42. The van der Waals surface area contributed by atoms with Gasteiger partial charge in [-0.1, -0.05) is 97.1 Å². The van der Waals surface area contributed by atoms with Crippen LogP contribution in [0.15, 0.2) is 146 Å². The maximum atomic E-state index is 11.9. The predicted molar refractivity (Wildman–Crippen MR) is 179 cm³/mol. The molecule has 0 aliphatic carbocycles. The molecule has 0 saturated carbocycles. The first-order valence-corrected chi connectivity index (χ1v) is 14.3. The molecular formula is C39H33N3O4. The van der Waals surface area contributed by atoms with Crippen molar-refractivity contribution in [3.05, 3.63) is 168 Å². The average molecular weight is 608 g/mol. The fraction of sp³-hybridized carbons (Fsp3) is 0.0769. The van der Waals surface area contributed by atoms with Gasteiger partial charge in [0, 0.05) is 11.1 Å². The van der Waals surface area contributed by atoms with Crippen LogP contribution in [0.3, 0.4) is 0 Å². The molecule has 7 heteroatoms. The molecule has 0 amide bonds. The summed E-state index contributed by atoms with van der Waals surface area (Å²) in [5, 5.41) is 20.7. The first-order valence-electron chi connectivity index (χ1n) is 14.3. The molecule has 0 bridgehead atoms. The first-order chi connectivity index (χ1) is 22.6. The van der Waals surface area contributed by atoms with Crippen LogP contribution >= 0.6 is 0 Å². The topological polar surface area (TPSA) is 105 Å². The van der Waals surface area contributed by atoms with Gasteiger partial charge in [0.25, 0.3) is 0 Å². The van der Waals surface area contributed by atoms with Crippen LogP contribution in [0.4, 0.5) is 0 Å². The van der Waals surface area contributed by atoms with Crippen LogP contribution in [-0.2, 0) is 10.4 Å². The highest BCUT2D eigenvalue weighted by atomic mass is 16.5. The summed E-state index contributed by atoms with van der Waals surface area (Å²) in [6.45, 7) is 2.00. The van der Waals surface area contributed by atoms with Gasteiger partial charge in [-0.25, -0.2) is 9.97 Å². The third-order valence-corrected chi connectivity index (χ3v) is 7.13. The van der Waals surface area contributed by atoms with Crippen LogP contribution in [0.2, 0.25) is 0 Å². The number of benzene rings is 4. The van der Waals surface area contributed by atoms with Gasteiger partial charge in [0.05, 0.1) is 31.3 Å². The molecule has 0 unspecified atom stereocenters. The second kappa shape index (κ2) is 16.1. The lowest BCUT2D eigenvalue weighted by molar-refractivity contribution is -0.0980. The van der Waals surface area contributed by atoms with E-state index in [1.807, 2.05) is 152 Å². The van der Waals surface area contributed by atoms with Gasteiger partial charge in [0.15, 0.2) is 5.60 Å². The Hall–Kier alpha value is -6.10. The van der Waals surface area contributed by atoms with E-state index in [1.165, 1.54) is 0 Å². The summed E-state index contributed by atoms with van der Waals surface area (Å²) in [7, 11) is 3.26. The van der Waals surface area contributed by atoms with Crippen molar-refractivity contribution < 1.29 is 19.4 Å². The van der Waals surface area contributed by atoms with E-state index in [0.29, 0.717) is 11.4 Å². The molecule has 6 rings (SSSR count). The number of nitriles is 1. The van der Waals surface area contributed by atoms with E-state index in [9.17, 15) is 5.11 Å². The molecule has 228 valence electrons. The Labute approximate surface area is 269 Å². The van der Waals surface area contributed by atoms with Crippen LogP contribution in [0.5, 0.6) is 11.5 Å². The summed E-state index contributed by atoms with van der Waals surface area (Å²) in [6.07, 6.45) is 0. The minimum atomic E-state index is -1.36. The number of hydrogen-bond acceptors (Lipinski definition) is 7. The van der Waals surface area contributed by atoms with Crippen LogP contribution in [0.1, 0.15) is 22.5 Å². The molecular weight excluding hydrogens is 574 g/mol. The number of rotatable bonds is 7. The maximum absolute atomic E-state index is 11.9. The molecule has 0 spiro atoms. The fourth-order valence-corrected chi connectivity index (χ4v) is 4.97. The van der Waals surface area contributed by atoms with E-state index in [-0.39, 0.29) is 0 Å². The number of ether oxygens (including phenoxy) is 2. The Balaban J connectivity index is 0.000000227. The molecule has 0 fully saturated rings. The van der Waals surface area contributed by atoms with Crippen molar-refractivity contribution >= 4 is 6.79 Å². The van der Waals surface area contributed by atoms with Gasteiger partial charge in [0.2, 0.25) is 0 Å². The molecule has 4 aromatic carbocycles. The molecule has 6 aromatic rings. The summed E-state index contributed by atoms with van der Waals surface area (Å²) in [6, 6.07) is 47.7. The summed E-state index contributed by atoms with van der Waals surface area (Å²) in [4.78, 5) is 17.1. The monoisotopic (exact) mass is 607 g/mol. The van der Waals surface area contributed by atoms with Crippen LogP contribution in [-0.4, -0.2) is 36.1 Å². The highest BCUT2D eigenvalue weighted by molar-refractivity contribution is 5.68. The zero-order chi connectivity index (χ0) is 32.8. The van der Waals surface area contributed by atoms with Crippen molar-refractivity contribution in [2.45, 2.75) is 5.60 Å². The van der Waals surface area contributed by atoms with Crippen LogP contribution in [0, 0.1) is 11.3 Å². The van der Waals surface area contributed by atoms with Gasteiger partial charge in [-0.05, 0) is 59.7 Å². The van der Waals surface area contributed by atoms with Crippen molar-refractivity contribution in [2.75, 3.05) is 14.2 Å². The van der Waals surface area contributed by atoms with Crippen molar-refractivity contribution in [1.82, 2.24) is 9.97 Å². The lowest BCUT2D eigenvalue weighted by Gasteiger charge is -2.29. The number of pyridine rings is 2. The Bertz CT molecular complexity index is 1850. The molecule has 0 atom stereocenters. The third kappa shape index (κ3) is 7.33. The quantitative estimate of drug-likeness (QED) is 0.201. The highest BCUT2D eigenvalue weighted by Crippen LogP contribution is 2.37. The Kier molecular flexibility index (Phi) is 11.5. The second-order valence-corrected chi connectivity index (χ2v) is 9.77. The minimum absolute atomic E-state index is 0.406. The van der Waals surface area contributed by atoms with Gasteiger partial charge in [0.1, 0.15) is 30.1 Å². The molecule has 46 heavy (non-hydrogen) atoms. The highest BCUT2D eigenvalue weighted by Gasteiger charge is 2.35. The van der Waals surface area contributed by atoms with Crippen LogP contribution in [0.25, 0.3) is 22.5 Å². The zero-order valence-corrected chi connectivity index (χ0v) is 25.6. The lowest BCUT2D eigenvalue weighted by atomic mass is 9.83. The first kappa shape index (κ1) is 32.8. The van der Waals surface area contributed by atoms with E-state index in [2.05, 4.69) is 4.98 Å². The van der Waals surface area contributed by atoms with E-state index in [4.69, 9.17) is 24.5 Å². The zero-order valence-electron chi connectivity index (χ0n) is 25.6. The molecule has 2 aromatic heterocycles. The van der Waals surface area contributed by atoms with E-state index >= 15 is 0 Å². The molecule has 0 aliphatic rings. The second-order valence-electron chi connectivity index (χ2n) is 9.77. The van der Waals surface area contributed by atoms with Crippen molar-refractivity contribution in [1.29, 1.82) is 5.26 Å². The third-order valence-electron chi connectivity index (χ3n) is 7.13. The largest absolute Gasteiger partial charge is 0.496 e. The van der Waals surface area contributed by atoms with Crippen molar-refractivity contribution in [2.24, 2.45) is 0 Å². The summed E-state index contributed by atoms with van der Waals surface area (Å²) in [5.74, 6) is 1.50. The molecule has 0 aliphatic heterocycles. The number of hydrogen-bond donors (Lipinski definition) is 1. The molecule has 2 heterocycles. The number of para-hydroxylation sites is 2. The normalized spacial score (nSPS) is 10.2. The lowest BCUT2D eigenvalue weighted by Crippen LogP contribution is -2.30. The Morgan fingerprint density at radius 1 is 0.587 bits per heavy atom. The number of carbonyl (C=O) groups is 1. The minimum Gasteiger partial charge on any atom is -0.496 e. The summed E-state index contributed by atoms with van der Waals surface area (Å²) >= 11 is 0. The molecule has 0 saturated heterocycles. The SMILES string of the molecule is C=O.COc1ccccc1-c1cccc(C#N)n1.COc1ccccc1-c1cccc(C(O)(c2ccccc2)c2ccccc2)n1. The van der Waals surface area contributed by atoms with Crippen molar-refractivity contribution in [3.63, 3.8) is 0 Å². The van der Waals surface area contributed by atoms with Gasteiger partial charge in [-0.15, -0.1) is 0 Å². The number of methoxy groups -OCH3 is 2. The number of nitrogens with zero attached hydrogens (tertiary/aromatic N) is 3. The summed E-state index contributed by atoms with van der Waals surface area (Å²) < 4.78 is 10.7. The predicted octanol–water partition coefficient (Wildman–Crippen LogP) is 7.49. The smallest absolute Gasteiger partial charge is 0.157 e. The molecule has 1 N–H and O–H groups in total. The van der Waals surface area contributed by atoms with Gasteiger partial charge in [-0.3, -0.25) is 0 Å². The van der Waals surface area contributed by atoms with Gasteiger partial charge in [-0.2, -0.15) is 5.26 Å². The average Bonchev–Trinajstić information content (AvgIpc) is 3.16. The van der Waals surface area contributed by atoms with Crippen LogP contribution < -0.4 is 9.47 Å².